The first-order valence-corrected chi connectivity index (χ1v) is 10.8. The van der Waals surface area contributed by atoms with E-state index < -0.39 is 17.9 Å². The van der Waals surface area contributed by atoms with Crippen molar-refractivity contribution in [3.05, 3.63) is 64.7 Å². The number of nitrogens with one attached hydrogen (secondary N) is 1. The molecule has 1 unspecified atom stereocenters. The zero-order valence-electron chi connectivity index (χ0n) is 17.6. The number of Topliss-reactive ketones (excluding diaryl/α,β-unsaturated/α-hetero) is 1. The van der Waals surface area contributed by atoms with Crippen molar-refractivity contribution in [3.8, 4) is 0 Å². The molecule has 0 spiro atoms. The fourth-order valence-corrected chi connectivity index (χ4v) is 5.93. The van der Waals surface area contributed by atoms with Gasteiger partial charge < -0.3 is 4.90 Å². The zero-order valence-corrected chi connectivity index (χ0v) is 17.6. The number of hydrogen-bond donors (Lipinski definition) is 1. The monoisotopic (exact) mass is 403 g/mol. The summed E-state index contributed by atoms with van der Waals surface area (Å²) in [4.78, 5) is 43.2. The van der Waals surface area contributed by atoms with Crippen molar-refractivity contribution in [2.24, 2.45) is 11.8 Å². The minimum atomic E-state index is -0.563. The second-order valence-corrected chi connectivity index (χ2v) is 9.13. The number of carbonyl (C=O) groups excluding carboxylic acids is 3. The number of amides is 2. The number of fused-ring (bicyclic) bond motifs is 3. The van der Waals surface area contributed by atoms with Gasteiger partial charge in [0.15, 0.2) is 6.04 Å². The first kappa shape index (κ1) is 19.2. The van der Waals surface area contributed by atoms with Crippen LogP contribution in [0.3, 0.4) is 0 Å². The smallest absolute Gasteiger partial charge is 0.244 e. The largest absolute Gasteiger partial charge is 0.322 e. The highest BCUT2D eigenvalue weighted by atomic mass is 16.2. The number of carbonyl (C=O) groups is 3. The lowest BCUT2D eigenvalue weighted by molar-refractivity contribution is -0.915. The van der Waals surface area contributed by atoms with Crippen LogP contribution >= 0.6 is 0 Å². The summed E-state index contributed by atoms with van der Waals surface area (Å²) >= 11 is 0. The molecule has 2 amide bonds. The zero-order chi connectivity index (χ0) is 21.2. The standard InChI is InChI=1S/C25H26N2O3/c1-14-6-9-17(10-7-14)23(28)22-21-20(19-5-4-12-26(19)22)24(29)27(25(21)30)18-11-8-15(2)13-16(18)3/h6-11,13,19-22H,4-5,12H2,1-3H3/p+1/t19-,20-,21+,22-/m1/s1. The van der Waals surface area contributed by atoms with Crippen LogP contribution in [-0.4, -0.2) is 36.2 Å². The van der Waals surface area contributed by atoms with Crippen molar-refractivity contribution < 1.29 is 19.3 Å². The molecule has 0 aromatic heterocycles. The quantitative estimate of drug-likeness (QED) is 0.630. The van der Waals surface area contributed by atoms with E-state index >= 15 is 0 Å². The Morgan fingerprint density at radius 3 is 2.30 bits per heavy atom. The van der Waals surface area contributed by atoms with E-state index in [4.69, 9.17) is 0 Å². The number of ketones is 1. The molecule has 5 atom stereocenters. The lowest BCUT2D eigenvalue weighted by Crippen LogP contribution is -3.16. The van der Waals surface area contributed by atoms with Crippen molar-refractivity contribution in [1.82, 2.24) is 0 Å². The van der Waals surface area contributed by atoms with Gasteiger partial charge in [-0.15, -0.1) is 0 Å². The molecule has 0 saturated carbocycles. The van der Waals surface area contributed by atoms with Crippen molar-refractivity contribution in [1.29, 1.82) is 0 Å². The Morgan fingerprint density at radius 1 is 0.933 bits per heavy atom. The first-order chi connectivity index (χ1) is 14.4. The van der Waals surface area contributed by atoms with Gasteiger partial charge in [-0.25, -0.2) is 4.90 Å². The van der Waals surface area contributed by atoms with Gasteiger partial charge in [0.05, 0.1) is 12.2 Å². The maximum Gasteiger partial charge on any atom is 0.244 e. The molecule has 1 N–H and O–H groups in total. The number of hydrogen-bond acceptors (Lipinski definition) is 3. The van der Waals surface area contributed by atoms with E-state index in [1.807, 2.05) is 63.2 Å². The molecule has 0 bridgehead atoms. The summed E-state index contributed by atoms with van der Waals surface area (Å²) in [5.74, 6) is -1.29. The SMILES string of the molecule is Cc1ccc(C(=O)[C@H]2[C@H]3C(=O)N(c4ccc(C)cc4C)C(=O)[C@@H]3[C@H]3CCC[NH+]32)cc1. The molecule has 5 nitrogen and oxygen atoms in total. The third kappa shape index (κ3) is 2.68. The number of rotatable bonds is 3. The molecule has 0 aliphatic carbocycles. The van der Waals surface area contributed by atoms with Gasteiger partial charge >= 0.3 is 0 Å². The summed E-state index contributed by atoms with van der Waals surface area (Å²) in [6.45, 7) is 6.76. The molecule has 154 valence electrons. The molecule has 3 heterocycles. The number of quaternary nitrogens is 1. The summed E-state index contributed by atoms with van der Waals surface area (Å²) in [5, 5.41) is 0. The van der Waals surface area contributed by atoms with E-state index in [2.05, 4.69) is 0 Å². The van der Waals surface area contributed by atoms with Gasteiger partial charge in [0.2, 0.25) is 17.6 Å². The van der Waals surface area contributed by atoms with Gasteiger partial charge in [-0.1, -0.05) is 47.5 Å². The molecule has 3 aliphatic heterocycles. The summed E-state index contributed by atoms with van der Waals surface area (Å²) in [6, 6.07) is 12.9. The van der Waals surface area contributed by atoms with Crippen LogP contribution in [-0.2, 0) is 9.59 Å². The van der Waals surface area contributed by atoms with Crippen molar-refractivity contribution >= 4 is 23.3 Å². The number of aryl methyl sites for hydroxylation is 3. The summed E-state index contributed by atoms with van der Waals surface area (Å²) in [6.07, 6.45) is 1.89. The van der Waals surface area contributed by atoms with E-state index in [0.29, 0.717) is 11.3 Å². The Bertz CT molecular complexity index is 1060. The highest BCUT2D eigenvalue weighted by Gasteiger charge is 2.68. The van der Waals surface area contributed by atoms with E-state index in [1.54, 1.807) is 0 Å². The average Bonchev–Trinajstić information content (AvgIpc) is 3.35. The molecule has 2 aromatic rings. The summed E-state index contributed by atoms with van der Waals surface area (Å²) in [7, 11) is 0. The molecular weight excluding hydrogens is 376 g/mol. The Hall–Kier alpha value is -2.79. The summed E-state index contributed by atoms with van der Waals surface area (Å²) < 4.78 is 0. The van der Waals surface area contributed by atoms with Crippen molar-refractivity contribution in [3.63, 3.8) is 0 Å². The molecule has 2 aromatic carbocycles. The van der Waals surface area contributed by atoms with E-state index in [1.165, 1.54) is 4.90 Å². The number of nitrogens with zero attached hydrogens (tertiary/aromatic N) is 1. The number of anilines is 1. The molecule has 0 radical (unpaired) electrons. The lowest BCUT2D eigenvalue weighted by atomic mass is 9.85. The Labute approximate surface area is 176 Å². The Kier molecular flexibility index (Phi) is 4.40. The number of imide groups is 1. The van der Waals surface area contributed by atoms with Crippen LogP contribution in [0.4, 0.5) is 5.69 Å². The van der Waals surface area contributed by atoms with Gasteiger partial charge in [-0.05, 0) is 32.4 Å². The molecule has 3 aliphatic rings. The Morgan fingerprint density at radius 2 is 1.60 bits per heavy atom. The predicted octanol–water partition coefficient (Wildman–Crippen LogP) is 2.03. The van der Waals surface area contributed by atoms with Gasteiger partial charge in [-0.3, -0.25) is 14.4 Å². The second-order valence-electron chi connectivity index (χ2n) is 9.13. The van der Waals surface area contributed by atoms with Crippen LogP contribution in [0, 0.1) is 32.6 Å². The molecular formula is C25H27N2O3+. The maximum atomic E-state index is 13.6. The maximum absolute atomic E-state index is 13.6. The highest BCUT2D eigenvalue weighted by molar-refractivity contribution is 6.24. The van der Waals surface area contributed by atoms with E-state index in [0.717, 1.165) is 41.0 Å². The van der Waals surface area contributed by atoms with E-state index in [9.17, 15) is 14.4 Å². The summed E-state index contributed by atoms with van der Waals surface area (Å²) in [5.41, 5.74) is 4.39. The molecule has 3 saturated heterocycles. The van der Waals surface area contributed by atoms with Gasteiger partial charge in [0, 0.05) is 18.4 Å². The number of benzene rings is 2. The normalized spacial score (nSPS) is 30.0. The minimum Gasteiger partial charge on any atom is -0.322 e. The topological polar surface area (TPSA) is 58.9 Å². The lowest BCUT2D eigenvalue weighted by Gasteiger charge is -2.26. The fraction of sp³-hybridized carbons (Fsp3) is 0.400. The molecule has 5 heteroatoms. The van der Waals surface area contributed by atoms with Crippen LogP contribution in [0.15, 0.2) is 42.5 Å². The van der Waals surface area contributed by atoms with Crippen LogP contribution in [0.5, 0.6) is 0 Å². The minimum absolute atomic E-state index is 0.00646. The second kappa shape index (κ2) is 6.88. The molecule has 5 rings (SSSR count). The predicted molar refractivity (Wildman–Crippen MR) is 114 cm³/mol. The Balaban J connectivity index is 1.56. The van der Waals surface area contributed by atoms with Crippen molar-refractivity contribution in [2.45, 2.75) is 45.7 Å². The average molecular weight is 404 g/mol. The molecule has 30 heavy (non-hydrogen) atoms. The third-order valence-electron chi connectivity index (χ3n) is 7.26. The van der Waals surface area contributed by atoms with Crippen LogP contribution < -0.4 is 9.80 Å². The van der Waals surface area contributed by atoms with Crippen molar-refractivity contribution in [2.75, 3.05) is 11.4 Å². The van der Waals surface area contributed by atoms with Gasteiger partial charge in [0.25, 0.3) is 0 Å². The van der Waals surface area contributed by atoms with Crippen LogP contribution in [0.2, 0.25) is 0 Å². The highest BCUT2D eigenvalue weighted by Crippen LogP contribution is 2.41. The van der Waals surface area contributed by atoms with E-state index in [-0.39, 0.29) is 23.6 Å². The fourth-order valence-electron chi connectivity index (χ4n) is 5.93. The first-order valence-electron chi connectivity index (χ1n) is 10.8. The van der Waals surface area contributed by atoms with Gasteiger partial charge in [-0.2, -0.15) is 0 Å². The van der Waals surface area contributed by atoms with Crippen LogP contribution in [0.25, 0.3) is 0 Å². The van der Waals surface area contributed by atoms with Gasteiger partial charge in [0.1, 0.15) is 17.9 Å². The molecule has 3 fully saturated rings. The van der Waals surface area contributed by atoms with Crippen LogP contribution in [0.1, 0.15) is 39.9 Å². The third-order valence-corrected chi connectivity index (χ3v) is 7.26.